The molecule has 120 valence electrons. The molecule has 0 fully saturated rings. The highest BCUT2D eigenvalue weighted by Gasteiger charge is 2.12. The van der Waals surface area contributed by atoms with Gasteiger partial charge in [-0.25, -0.2) is 4.98 Å². The standard InChI is InChI=1S/C18H20N2OS2/c1-10(2)13-5-7-14(8-6-13)22-9-15-19-17(21)16-11(3)12(4)23-18(16)20-15/h5-8,10H,9H2,1-4H3,(H,19,20,21). The molecule has 0 aliphatic heterocycles. The van der Waals surface area contributed by atoms with Crippen molar-refractivity contribution in [3.05, 3.63) is 56.4 Å². The number of nitrogens with zero attached hydrogens (tertiary/aromatic N) is 1. The molecular formula is C18H20N2OS2. The molecule has 0 atom stereocenters. The summed E-state index contributed by atoms with van der Waals surface area (Å²) in [5.74, 6) is 1.95. The van der Waals surface area contributed by atoms with E-state index in [0.29, 0.717) is 11.7 Å². The van der Waals surface area contributed by atoms with E-state index >= 15 is 0 Å². The summed E-state index contributed by atoms with van der Waals surface area (Å²) in [7, 11) is 0. The Labute approximate surface area is 144 Å². The van der Waals surface area contributed by atoms with Crippen LogP contribution < -0.4 is 5.56 Å². The fourth-order valence-corrected chi connectivity index (χ4v) is 4.29. The van der Waals surface area contributed by atoms with E-state index in [1.54, 1.807) is 23.1 Å². The van der Waals surface area contributed by atoms with E-state index in [4.69, 9.17) is 0 Å². The number of rotatable bonds is 4. The SMILES string of the molecule is Cc1sc2nc(CSc3ccc(C(C)C)cc3)[nH]c(=O)c2c1C. The van der Waals surface area contributed by atoms with Gasteiger partial charge in [0.05, 0.1) is 11.1 Å². The summed E-state index contributed by atoms with van der Waals surface area (Å²) in [6.45, 7) is 8.40. The van der Waals surface area contributed by atoms with Gasteiger partial charge in [0.15, 0.2) is 0 Å². The lowest BCUT2D eigenvalue weighted by Gasteiger charge is -2.06. The van der Waals surface area contributed by atoms with Crippen molar-refractivity contribution in [1.29, 1.82) is 0 Å². The van der Waals surface area contributed by atoms with E-state index in [9.17, 15) is 4.79 Å². The third-order valence-corrected chi connectivity index (χ3v) is 6.13. The summed E-state index contributed by atoms with van der Waals surface area (Å²) in [6.07, 6.45) is 0. The molecule has 0 spiro atoms. The highest BCUT2D eigenvalue weighted by Crippen LogP contribution is 2.27. The second-order valence-electron chi connectivity index (χ2n) is 5.99. The van der Waals surface area contributed by atoms with Crippen molar-refractivity contribution in [2.24, 2.45) is 0 Å². The minimum absolute atomic E-state index is 0.0254. The normalized spacial score (nSPS) is 11.5. The lowest BCUT2D eigenvalue weighted by Crippen LogP contribution is -2.10. The molecule has 0 unspecified atom stereocenters. The van der Waals surface area contributed by atoms with Crippen molar-refractivity contribution in [3.63, 3.8) is 0 Å². The number of hydrogen-bond donors (Lipinski definition) is 1. The first-order chi connectivity index (χ1) is 11.0. The number of nitrogens with one attached hydrogen (secondary N) is 1. The zero-order chi connectivity index (χ0) is 16.6. The van der Waals surface area contributed by atoms with E-state index in [0.717, 1.165) is 26.5 Å². The summed E-state index contributed by atoms with van der Waals surface area (Å²) in [4.78, 5) is 23.0. The number of thiophene rings is 1. The summed E-state index contributed by atoms with van der Waals surface area (Å²) >= 11 is 3.29. The Hall–Kier alpha value is -1.59. The van der Waals surface area contributed by atoms with Crippen LogP contribution in [0.25, 0.3) is 10.2 Å². The first-order valence-electron chi connectivity index (χ1n) is 7.67. The third-order valence-electron chi connectivity index (χ3n) is 4.01. The zero-order valence-electron chi connectivity index (χ0n) is 13.8. The van der Waals surface area contributed by atoms with E-state index in [1.165, 1.54) is 10.5 Å². The van der Waals surface area contributed by atoms with E-state index in [1.807, 2.05) is 13.8 Å². The average molecular weight is 345 g/mol. The number of fused-ring (bicyclic) bond motifs is 1. The van der Waals surface area contributed by atoms with Crippen molar-refractivity contribution in [3.8, 4) is 0 Å². The van der Waals surface area contributed by atoms with Gasteiger partial charge in [0.1, 0.15) is 10.7 Å². The zero-order valence-corrected chi connectivity index (χ0v) is 15.4. The van der Waals surface area contributed by atoms with Gasteiger partial charge in [-0.05, 0) is 43.0 Å². The molecule has 0 radical (unpaired) electrons. The lowest BCUT2D eigenvalue weighted by atomic mass is 10.0. The van der Waals surface area contributed by atoms with Crippen LogP contribution in [0.3, 0.4) is 0 Å². The predicted molar refractivity (Wildman–Crippen MR) is 99.8 cm³/mol. The van der Waals surface area contributed by atoms with E-state index in [-0.39, 0.29) is 5.56 Å². The topological polar surface area (TPSA) is 45.8 Å². The first kappa shape index (κ1) is 16.3. The minimum atomic E-state index is -0.0254. The molecule has 0 aliphatic rings. The maximum absolute atomic E-state index is 12.3. The molecule has 2 heterocycles. The third kappa shape index (κ3) is 3.35. The molecule has 0 bridgehead atoms. The molecule has 0 saturated heterocycles. The van der Waals surface area contributed by atoms with Gasteiger partial charge in [-0.1, -0.05) is 26.0 Å². The lowest BCUT2D eigenvalue weighted by molar-refractivity contribution is 0.865. The molecule has 3 nitrogen and oxygen atoms in total. The number of aryl methyl sites for hydroxylation is 2. The molecule has 5 heteroatoms. The van der Waals surface area contributed by atoms with Crippen LogP contribution in [0.5, 0.6) is 0 Å². The number of hydrogen-bond acceptors (Lipinski definition) is 4. The summed E-state index contributed by atoms with van der Waals surface area (Å²) in [5, 5.41) is 0.738. The Bertz CT molecular complexity index is 892. The van der Waals surface area contributed by atoms with Crippen LogP contribution in [0.2, 0.25) is 0 Å². The first-order valence-corrected chi connectivity index (χ1v) is 9.47. The summed E-state index contributed by atoms with van der Waals surface area (Å²) in [5.41, 5.74) is 2.36. The molecule has 1 N–H and O–H groups in total. The summed E-state index contributed by atoms with van der Waals surface area (Å²) in [6, 6.07) is 8.60. The molecule has 3 aromatic rings. The monoisotopic (exact) mass is 344 g/mol. The molecule has 1 aromatic carbocycles. The Balaban J connectivity index is 1.80. The Morgan fingerprint density at radius 2 is 1.91 bits per heavy atom. The molecule has 0 saturated carbocycles. The minimum Gasteiger partial charge on any atom is -0.309 e. The van der Waals surface area contributed by atoms with Gasteiger partial charge in [-0.3, -0.25) is 4.79 Å². The number of H-pyrrole nitrogens is 1. The van der Waals surface area contributed by atoms with Crippen LogP contribution in [-0.4, -0.2) is 9.97 Å². The quantitative estimate of drug-likeness (QED) is 0.676. The Morgan fingerprint density at radius 1 is 1.22 bits per heavy atom. The number of thioether (sulfide) groups is 1. The van der Waals surface area contributed by atoms with Crippen LogP contribution in [0.1, 0.15) is 41.6 Å². The van der Waals surface area contributed by atoms with Crippen molar-refractivity contribution in [1.82, 2.24) is 9.97 Å². The Kier molecular flexibility index (Phi) is 4.60. The van der Waals surface area contributed by atoms with Crippen LogP contribution in [-0.2, 0) is 5.75 Å². The van der Waals surface area contributed by atoms with Crippen molar-refractivity contribution >= 4 is 33.3 Å². The van der Waals surface area contributed by atoms with Crippen LogP contribution in [0.4, 0.5) is 0 Å². The molecule has 0 aliphatic carbocycles. The second-order valence-corrected chi connectivity index (χ2v) is 8.24. The highest BCUT2D eigenvalue weighted by molar-refractivity contribution is 7.98. The van der Waals surface area contributed by atoms with E-state index < -0.39 is 0 Å². The molecule has 3 rings (SSSR count). The van der Waals surface area contributed by atoms with Gasteiger partial charge in [-0.2, -0.15) is 0 Å². The van der Waals surface area contributed by atoms with Gasteiger partial charge < -0.3 is 4.98 Å². The van der Waals surface area contributed by atoms with Gasteiger partial charge in [0.25, 0.3) is 5.56 Å². The van der Waals surface area contributed by atoms with Gasteiger partial charge >= 0.3 is 0 Å². The molecule has 2 aromatic heterocycles. The Morgan fingerprint density at radius 3 is 2.57 bits per heavy atom. The number of benzene rings is 1. The predicted octanol–water partition coefficient (Wildman–Crippen LogP) is 5.02. The van der Waals surface area contributed by atoms with Gasteiger partial charge in [0, 0.05) is 9.77 Å². The maximum atomic E-state index is 12.3. The number of aromatic nitrogens is 2. The highest BCUT2D eigenvalue weighted by atomic mass is 32.2. The molecular weight excluding hydrogens is 324 g/mol. The van der Waals surface area contributed by atoms with E-state index in [2.05, 4.69) is 48.1 Å². The van der Waals surface area contributed by atoms with Gasteiger partial charge in [0.2, 0.25) is 0 Å². The van der Waals surface area contributed by atoms with Crippen molar-refractivity contribution in [2.75, 3.05) is 0 Å². The average Bonchev–Trinajstić information content (AvgIpc) is 2.80. The number of aromatic amines is 1. The maximum Gasteiger partial charge on any atom is 0.259 e. The second kappa shape index (κ2) is 6.49. The largest absolute Gasteiger partial charge is 0.309 e. The molecule has 0 amide bonds. The van der Waals surface area contributed by atoms with Crippen molar-refractivity contribution < 1.29 is 0 Å². The fourth-order valence-electron chi connectivity index (χ4n) is 2.47. The van der Waals surface area contributed by atoms with Crippen LogP contribution in [0.15, 0.2) is 34.0 Å². The summed E-state index contributed by atoms with van der Waals surface area (Å²) < 4.78 is 0. The van der Waals surface area contributed by atoms with Crippen molar-refractivity contribution in [2.45, 2.75) is 44.3 Å². The van der Waals surface area contributed by atoms with Gasteiger partial charge in [-0.15, -0.1) is 23.1 Å². The van der Waals surface area contributed by atoms with Crippen LogP contribution >= 0.6 is 23.1 Å². The molecule has 23 heavy (non-hydrogen) atoms. The fraction of sp³-hybridized carbons (Fsp3) is 0.333. The smallest absolute Gasteiger partial charge is 0.259 e. The van der Waals surface area contributed by atoms with Crippen LogP contribution in [0, 0.1) is 13.8 Å².